The van der Waals surface area contributed by atoms with Crippen LogP contribution in [0.5, 0.6) is 0 Å². The molecule has 0 aromatic rings. The van der Waals surface area contributed by atoms with E-state index in [0.29, 0.717) is 0 Å². The van der Waals surface area contributed by atoms with Crippen LogP contribution < -0.4 is 0 Å². The summed E-state index contributed by atoms with van der Waals surface area (Å²) >= 11 is -3.95. The summed E-state index contributed by atoms with van der Waals surface area (Å²) in [5.41, 5.74) is 0. The van der Waals surface area contributed by atoms with Gasteiger partial charge in [-0.25, -0.2) is 0 Å². The third-order valence-electron chi connectivity index (χ3n) is 0. The minimum absolute atomic E-state index is 0. The standard InChI is InChI=1S/K.Nb.H2O.2O/h;;1H2;;/q;+1;;;/p-1. The van der Waals surface area contributed by atoms with Crippen LogP contribution in [0.4, 0.5) is 0 Å². The molecule has 5 heavy (non-hydrogen) atoms. The normalized spacial score (nSPS) is 5.00. The molecular formula is HKNbO3. The zero-order valence-electron chi connectivity index (χ0n) is 2.71. The SMILES string of the molecule is [K].[O]=[Nb](=[O])[OH]. The fourth-order valence-corrected chi connectivity index (χ4v) is 0. The van der Waals surface area contributed by atoms with Crippen LogP contribution >= 0.6 is 0 Å². The first kappa shape index (κ1) is 10.0. The molecule has 0 saturated heterocycles. The Morgan fingerprint density at radius 1 is 1.40 bits per heavy atom. The molecule has 0 aliphatic rings. The second kappa shape index (κ2) is 5.94. The van der Waals surface area contributed by atoms with E-state index in [0.717, 1.165) is 0 Å². The van der Waals surface area contributed by atoms with Crippen LogP contribution in [-0.4, -0.2) is 55.0 Å². The van der Waals surface area contributed by atoms with Crippen molar-refractivity contribution in [2.75, 3.05) is 0 Å². The first-order chi connectivity index (χ1) is 1.73. The van der Waals surface area contributed by atoms with Gasteiger partial charge in [-0.3, -0.25) is 0 Å². The average Bonchev–Trinajstić information content (AvgIpc) is 0.811. The third-order valence-corrected chi connectivity index (χ3v) is 0. The van der Waals surface area contributed by atoms with E-state index in [4.69, 9.17) is 10.1 Å². The van der Waals surface area contributed by atoms with E-state index in [-0.39, 0.29) is 51.4 Å². The first-order valence-electron chi connectivity index (χ1n) is 0.565. The molecule has 0 bridgehead atoms. The van der Waals surface area contributed by atoms with Crippen molar-refractivity contribution in [1.82, 2.24) is 0 Å². The summed E-state index contributed by atoms with van der Waals surface area (Å²) in [6.45, 7) is 0. The molecule has 1 radical (unpaired) electrons. The molecule has 0 fully saturated rings. The van der Waals surface area contributed by atoms with Gasteiger partial charge in [0.25, 0.3) is 0 Å². The molecule has 0 aliphatic carbocycles. The van der Waals surface area contributed by atoms with Crippen molar-refractivity contribution >= 4 is 51.4 Å². The van der Waals surface area contributed by atoms with Gasteiger partial charge in [0, 0.05) is 51.4 Å². The van der Waals surface area contributed by atoms with Crippen molar-refractivity contribution in [3.05, 3.63) is 0 Å². The molecule has 0 saturated carbocycles. The maximum absolute atomic E-state index is 8.71. The fraction of sp³-hybridized carbons (Fsp3) is 0. The quantitative estimate of drug-likeness (QED) is 0.478. The molecule has 3 nitrogen and oxygen atoms in total. The van der Waals surface area contributed by atoms with Crippen LogP contribution in [0.3, 0.4) is 0 Å². The Morgan fingerprint density at radius 2 is 1.40 bits per heavy atom. The van der Waals surface area contributed by atoms with E-state index in [9.17, 15) is 0 Å². The Kier molecular flexibility index (Phi) is 11.9. The summed E-state index contributed by atoms with van der Waals surface area (Å²) in [5.74, 6) is 0. The van der Waals surface area contributed by atoms with Gasteiger partial charge < -0.3 is 0 Å². The van der Waals surface area contributed by atoms with Gasteiger partial charge in [0.1, 0.15) is 0 Å². The zero-order valence-corrected chi connectivity index (χ0v) is 8.03. The van der Waals surface area contributed by atoms with Crippen LogP contribution in [-0.2, 0) is 25.3 Å². The Labute approximate surface area is 78.5 Å². The molecule has 0 spiro atoms. The van der Waals surface area contributed by atoms with Gasteiger partial charge in [0.2, 0.25) is 0 Å². The van der Waals surface area contributed by atoms with Crippen molar-refractivity contribution in [1.29, 1.82) is 0 Å². The van der Waals surface area contributed by atoms with Crippen molar-refractivity contribution in [3.8, 4) is 0 Å². The molecule has 25 valence electrons. The molecule has 0 rings (SSSR count). The predicted molar refractivity (Wildman–Crippen MR) is 9.35 cm³/mol. The van der Waals surface area contributed by atoms with Crippen LogP contribution in [0.15, 0.2) is 0 Å². The molecular weight excluding hydrogens is 180 g/mol. The molecule has 0 unspecified atom stereocenters. The Bertz CT molecular complexity index is 55.3. The zero-order chi connectivity index (χ0) is 3.58. The van der Waals surface area contributed by atoms with Gasteiger partial charge in [-0.2, -0.15) is 0 Å². The van der Waals surface area contributed by atoms with Gasteiger partial charge >= 0.3 is 28.9 Å². The third kappa shape index (κ3) is 24.5. The topological polar surface area (TPSA) is 54.4 Å². The van der Waals surface area contributed by atoms with Gasteiger partial charge in [-0.15, -0.1) is 0 Å². The molecule has 0 amide bonds. The van der Waals surface area contributed by atoms with Crippen LogP contribution in [0.25, 0.3) is 0 Å². The second-order valence-electron chi connectivity index (χ2n) is 0.238. The van der Waals surface area contributed by atoms with Gasteiger partial charge in [-0.05, 0) is 0 Å². The predicted octanol–water partition coefficient (Wildman–Crippen LogP) is -1.18. The van der Waals surface area contributed by atoms with Crippen molar-refractivity contribution in [2.24, 2.45) is 0 Å². The molecule has 0 aromatic heterocycles. The fourth-order valence-electron chi connectivity index (χ4n) is 0. The molecule has 0 atom stereocenters. The van der Waals surface area contributed by atoms with Crippen LogP contribution in [0, 0.1) is 0 Å². The average molecular weight is 181 g/mol. The summed E-state index contributed by atoms with van der Waals surface area (Å²) in [6.07, 6.45) is 0. The van der Waals surface area contributed by atoms with Crippen molar-refractivity contribution in [3.63, 3.8) is 0 Å². The van der Waals surface area contributed by atoms with Crippen LogP contribution in [0.1, 0.15) is 0 Å². The molecule has 5 heteroatoms. The van der Waals surface area contributed by atoms with Gasteiger partial charge in [0.15, 0.2) is 0 Å². The van der Waals surface area contributed by atoms with Gasteiger partial charge in [0.05, 0.1) is 0 Å². The minimum atomic E-state index is -3.95. The number of hydrogen-bond acceptors (Lipinski definition) is 2. The van der Waals surface area contributed by atoms with E-state index in [1.165, 1.54) is 0 Å². The van der Waals surface area contributed by atoms with Crippen molar-refractivity contribution in [2.45, 2.75) is 0 Å². The maximum atomic E-state index is 8.71. The monoisotopic (exact) mass is 181 g/mol. The summed E-state index contributed by atoms with van der Waals surface area (Å²) in [6, 6.07) is 0. The van der Waals surface area contributed by atoms with E-state index >= 15 is 0 Å². The molecule has 0 aliphatic heterocycles. The number of hydrogen-bond donors (Lipinski definition) is 1. The Hall–Kier alpha value is 1.94. The summed E-state index contributed by atoms with van der Waals surface area (Å²) < 4.78 is 24.6. The molecule has 0 heterocycles. The van der Waals surface area contributed by atoms with E-state index in [2.05, 4.69) is 0 Å². The Balaban J connectivity index is 0. The van der Waals surface area contributed by atoms with E-state index < -0.39 is 18.8 Å². The van der Waals surface area contributed by atoms with E-state index in [1.807, 2.05) is 0 Å². The Morgan fingerprint density at radius 3 is 1.40 bits per heavy atom. The molecule has 1 N–H and O–H groups in total. The van der Waals surface area contributed by atoms with Gasteiger partial charge in [-0.1, -0.05) is 0 Å². The first-order valence-corrected chi connectivity index (χ1v) is 3.34. The summed E-state index contributed by atoms with van der Waals surface area (Å²) in [5, 5.41) is 0. The number of rotatable bonds is 0. The second-order valence-corrected chi connectivity index (χ2v) is 1.41. The van der Waals surface area contributed by atoms with Crippen molar-refractivity contribution < 1.29 is 28.9 Å². The summed E-state index contributed by atoms with van der Waals surface area (Å²) in [7, 11) is 0. The molecule has 0 aromatic carbocycles. The van der Waals surface area contributed by atoms with E-state index in [1.54, 1.807) is 0 Å². The van der Waals surface area contributed by atoms with Crippen LogP contribution in [0.2, 0.25) is 0 Å². The summed E-state index contributed by atoms with van der Waals surface area (Å²) in [4.78, 5) is 0.